The molecule has 26 heavy (non-hydrogen) atoms. The summed E-state index contributed by atoms with van der Waals surface area (Å²) >= 11 is 7.73. The van der Waals surface area contributed by atoms with Gasteiger partial charge in [-0.05, 0) is 42.8 Å². The SMILES string of the molecule is COc1ccc2nc(N3CC(C(=O)Nc4ccc(C)c(Cl)c4)C3)sc2c1. The lowest BCUT2D eigenvalue weighted by Gasteiger charge is -2.37. The van der Waals surface area contributed by atoms with E-state index in [0.717, 1.165) is 32.3 Å². The van der Waals surface area contributed by atoms with Crippen LogP contribution in [-0.4, -0.2) is 31.1 Å². The second-order valence-electron chi connectivity index (χ2n) is 6.39. The number of thiazole rings is 1. The number of fused-ring (bicyclic) bond motifs is 1. The Bertz CT molecular complexity index is 982. The molecular weight excluding hydrogens is 370 g/mol. The number of nitrogens with zero attached hydrogens (tertiary/aromatic N) is 2. The topological polar surface area (TPSA) is 54.5 Å². The summed E-state index contributed by atoms with van der Waals surface area (Å²) in [6.07, 6.45) is 0. The third-order valence-electron chi connectivity index (χ3n) is 4.55. The molecule has 0 radical (unpaired) electrons. The molecule has 0 aliphatic carbocycles. The fraction of sp³-hybridized carbons (Fsp3) is 0.263. The Labute approximate surface area is 160 Å². The quantitative estimate of drug-likeness (QED) is 0.723. The first-order valence-electron chi connectivity index (χ1n) is 8.30. The van der Waals surface area contributed by atoms with Crippen molar-refractivity contribution in [1.82, 2.24) is 4.98 Å². The molecule has 4 rings (SSSR count). The number of hydrogen-bond donors (Lipinski definition) is 1. The number of aromatic nitrogens is 1. The van der Waals surface area contributed by atoms with Crippen molar-refractivity contribution in [3.8, 4) is 5.75 Å². The highest BCUT2D eigenvalue weighted by atomic mass is 35.5. The van der Waals surface area contributed by atoms with E-state index in [4.69, 9.17) is 16.3 Å². The molecule has 1 saturated heterocycles. The molecule has 0 spiro atoms. The van der Waals surface area contributed by atoms with Crippen LogP contribution in [0.5, 0.6) is 5.75 Å². The van der Waals surface area contributed by atoms with E-state index in [9.17, 15) is 4.79 Å². The van der Waals surface area contributed by atoms with Crippen LogP contribution in [0.15, 0.2) is 36.4 Å². The average molecular weight is 388 g/mol. The number of nitrogens with one attached hydrogen (secondary N) is 1. The van der Waals surface area contributed by atoms with Crippen LogP contribution in [0.2, 0.25) is 5.02 Å². The third kappa shape index (κ3) is 3.22. The number of methoxy groups -OCH3 is 1. The van der Waals surface area contributed by atoms with Gasteiger partial charge >= 0.3 is 0 Å². The van der Waals surface area contributed by atoms with Crippen molar-refractivity contribution in [2.45, 2.75) is 6.92 Å². The Hall–Kier alpha value is -2.31. The van der Waals surface area contributed by atoms with Gasteiger partial charge in [0, 0.05) is 23.8 Å². The lowest BCUT2D eigenvalue weighted by Crippen LogP contribution is -2.52. The summed E-state index contributed by atoms with van der Waals surface area (Å²) in [6.45, 7) is 3.27. The van der Waals surface area contributed by atoms with E-state index >= 15 is 0 Å². The number of rotatable bonds is 4. The van der Waals surface area contributed by atoms with Crippen molar-refractivity contribution < 1.29 is 9.53 Å². The Morgan fingerprint density at radius 3 is 2.85 bits per heavy atom. The number of hydrogen-bond acceptors (Lipinski definition) is 5. The van der Waals surface area contributed by atoms with Crippen LogP contribution >= 0.6 is 22.9 Å². The number of ether oxygens (including phenoxy) is 1. The van der Waals surface area contributed by atoms with E-state index in [-0.39, 0.29) is 11.8 Å². The number of amides is 1. The fourth-order valence-corrected chi connectivity index (χ4v) is 4.06. The predicted molar refractivity (Wildman–Crippen MR) is 107 cm³/mol. The predicted octanol–water partition coefficient (Wildman–Crippen LogP) is 4.34. The van der Waals surface area contributed by atoms with Crippen molar-refractivity contribution >= 4 is 49.9 Å². The minimum atomic E-state index is -0.0448. The molecule has 0 atom stereocenters. The minimum Gasteiger partial charge on any atom is -0.497 e. The molecule has 5 nitrogen and oxygen atoms in total. The number of carbonyl (C=O) groups excluding carboxylic acids is 1. The van der Waals surface area contributed by atoms with E-state index in [0.29, 0.717) is 18.1 Å². The number of aryl methyl sites for hydroxylation is 1. The van der Waals surface area contributed by atoms with Gasteiger partial charge in [0.15, 0.2) is 5.13 Å². The first kappa shape index (κ1) is 17.1. The normalized spacial score (nSPS) is 14.3. The molecule has 2 heterocycles. The second kappa shape index (κ2) is 6.78. The summed E-state index contributed by atoms with van der Waals surface area (Å²) in [6, 6.07) is 11.4. The van der Waals surface area contributed by atoms with Crippen LogP contribution < -0.4 is 15.0 Å². The maximum absolute atomic E-state index is 12.4. The molecule has 7 heteroatoms. The van der Waals surface area contributed by atoms with E-state index in [1.54, 1.807) is 24.5 Å². The van der Waals surface area contributed by atoms with Gasteiger partial charge in [0.25, 0.3) is 0 Å². The standard InChI is InChI=1S/C19H18ClN3O2S/c1-11-3-4-13(7-15(11)20)21-18(24)12-9-23(10-12)19-22-16-6-5-14(25-2)8-17(16)26-19/h3-8,12H,9-10H2,1-2H3,(H,21,24). The van der Waals surface area contributed by atoms with E-state index in [2.05, 4.69) is 15.2 Å². The number of carbonyl (C=O) groups is 1. The fourth-order valence-electron chi connectivity index (χ4n) is 2.87. The first-order valence-corrected chi connectivity index (χ1v) is 9.49. The monoisotopic (exact) mass is 387 g/mol. The van der Waals surface area contributed by atoms with Gasteiger partial charge in [-0.3, -0.25) is 4.79 Å². The van der Waals surface area contributed by atoms with Crippen LogP contribution in [0.3, 0.4) is 0 Å². The summed E-state index contributed by atoms with van der Waals surface area (Å²) in [5, 5.41) is 4.54. The maximum Gasteiger partial charge on any atom is 0.231 e. The molecule has 3 aromatic rings. The molecule has 1 aliphatic rings. The first-order chi connectivity index (χ1) is 12.5. The van der Waals surface area contributed by atoms with Gasteiger partial charge in [0.05, 0.1) is 23.2 Å². The summed E-state index contributed by atoms with van der Waals surface area (Å²) in [5.41, 5.74) is 2.68. The van der Waals surface area contributed by atoms with E-state index in [1.165, 1.54) is 0 Å². The highest BCUT2D eigenvalue weighted by Gasteiger charge is 2.34. The smallest absolute Gasteiger partial charge is 0.231 e. The van der Waals surface area contributed by atoms with Crippen molar-refractivity contribution in [3.05, 3.63) is 47.0 Å². The molecule has 0 unspecified atom stereocenters. The minimum absolute atomic E-state index is 0.0175. The maximum atomic E-state index is 12.4. The molecule has 1 N–H and O–H groups in total. The molecule has 2 aromatic carbocycles. The zero-order valence-electron chi connectivity index (χ0n) is 14.5. The van der Waals surface area contributed by atoms with Gasteiger partial charge in [0.2, 0.25) is 5.91 Å². The van der Waals surface area contributed by atoms with Gasteiger partial charge in [-0.15, -0.1) is 0 Å². The number of anilines is 2. The molecule has 134 valence electrons. The summed E-state index contributed by atoms with van der Waals surface area (Å²) < 4.78 is 6.34. The van der Waals surface area contributed by atoms with Gasteiger partial charge in [0.1, 0.15) is 5.75 Å². The van der Waals surface area contributed by atoms with Gasteiger partial charge < -0.3 is 15.0 Å². The Kier molecular flexibility index (Phi) is 4.46. The van der Waals surface area contributed by atoms with E-state index in [1.807, 2.05) is 37.3 Å². The van der Waals surface area contributed by atoms with E-state index < -0.39 is 0 Å². The van der Waals surface area contributed by atoms with Crippen LogP contribution in [0, 0.1) is 12.8 Å². The highest BCUT2D eigenvalue weighted by molar-refractivity contribution is 7.22. The van der Waals surface area contributed by atoms with Crippen molar-refractivity contribution in [2.75, 3.05) is 30.4 Å². The number of halogens is 1. The average Bonchev–Trinajstić information content (AvgIpc) is 2.99. The van der Waals surface area contributed by atoms with Crippen LogP contribution in [0.4, 0.5) is 10.8 Å². The van der Waals surface area contributed by atoms with Crippen molar-refractivity contribution in [3.63, 3.8) is 0 Å². The summed E-state index contributed by atoms with van der Waals surface area (Å²) in [4.78, 5) is 19.2. The molecule has 0 bridgehead atoms. The largest absolute Gasteiger partial charge is 0.497 e. The Morgan fingerprint density at radius 1 is 1.31 bits per heavy atom. The van der Waals surface area contributed by atoms with Gasteiger partial charge in [-0.2, -0.15) is 0 Å². The Morgan fingerprint density at radius 2 is 2.12 bits per heavy atom. The van der Waals surface area contributed by atoms with Crippen LogP contribution in [0.1, 0.15) is 5.56 Å². The molecule has 1 aromatic heterocycles. The van der Waals surface area contributed by atoms with Crippen LogP contribution in [0.25, 0.3) is 10.2 Å². The summed E-state index contributed by atoms with van der Waals surface area (Å²) in [5.74, 6) is 0.797. The molecule has 1 amide bonds. The van der Waals surface area contributed by atoms with Crippen molar-refractivity contribution in [1.29, 1.82) is 0 Å². The third-order valence-corrected chi connectivity index (χ3v) is 6.03. The molecular formula is C19H18ClN3O2S. The molecule has 1 fully saturated rings. The molecule has 1 aliphatic heterocycles. The van der Waals surface area contributed by atoms with Crippen molar-refractivity contribution in [2.24, 2.45) is 5.92 Å². The lowest BCUT2D eigenvalue weighted by molar-refractivity contribution is -0.120. The van der Waals surface area contributed by atoms with Gasteiger partial charge in [-0.1, -0.05) is 29.0 Å². The van der Waals surface area contributed by atoms with Crippen LogP contribution in [-0.2, 0) is 4.79 Å². The molecule has 0 saturated carbocycles. The second-order valence-corrected chi connectivity index (χ2v) is 7.80. The summed E-state index contributed by atoms with van der Waals surface area (Å²) in [7, 11) is 1.66. The number of benzene rings is 2. The Balaban J connectivity index is 1.40. The zero-order chi connectivity index (χ0) is 18.3. The van der Waals surface area contributed by atoms with Gasteiger partial charge in [-0.25, -0.2) is 4.98 Å². The highest BCUT2D eigenvalue weighted by Crippen LogP contribution is 2.35. The zero-order valence-corrected chi connectivity index (χ0v) is 16.0. The lowest BCUT2D eigenvalue weighted by atomic mass is 10.00.